The normalized spacial score (nSPS) is 16.2. The molecule has 1 saturated carbocycles. The predicted molar refractivity (Wildman–Crippen MR) is 69.9 cm³/mol. The molecule has 0 heterocycles. The number of rotatable bonds is 9. The molecule has 0 bridgehead atoms. The van der Waals surface area contributed by atoms with E-state index >= 15 is 0 Å². The summed E-state index contributed by atoms with van der Waals surface area (Å²) in [6.45, 7) is 4.62. The van der Waals surface area contributed by atoms with Crippen molar-refractivity contribution in [2.75, 3.05) is 26.2 Å². The standard InChI is InChI=1S/C12H23N3O4/c1-2-15(9-3-4-9)8-7-14-12(19)13-6-5-10(16)11(17)18/h9-10,16H,2-8H2,1H3,(H,17,18)(H2,13,14,19). The number of urea groups is 1. The summed E-state index contributed by atoms with van der Waals surface area (Å²) >= 11 is 0. The quantitative estimate of drug-likeness (QED) is 0.458. The third-order valence-corrected chi connectivity index (χ3v) is 3.14. The summed E-state index contributed by atoms with van der Waals surface area (Å²) in [5.41, 5.74) is 0. The van der Waals surface area contributed by atoms with Gasteiger partial charge in [0.25, 0.3) is 0 Å². The van der Waals surface area contributed by atoms with E-state index in [-0.39, 0.29) is 19.0 Å². The van der Waals surface area contributed by atoms with Gasteiger partial charge in [0.2, 0.25) is 0 Å². The van der Waals surface area contributed by atoms with Crippen LogP contribution in [-0.4, -0.2) is 65.4 Å². The number of hydrogen-bond acceptors (Lipinski definition) is 4. The number of carboxylic acids is 1. The van der Waals surface area contributed by atoms with E-state index in [1.807, 2.05) is 0 Å². The van der Waals surface area contributed by atoms with Crippen molar-refractivity contribution in [2.45, 2.75) is 38.3 Å². The first-order valence-electron chi connectivity index (χ1n) is 6.71. The van der Waals surface area contributed by atoms with Gasteiger partial charge in [-0.05, 0) is 19.4 Å². The van der Waals surface area contributed by atoms with Crippen LogP contribution in [0.15, 0.2) is 0 Å². The summed E-state index contributed by atoms with van der Waals surface area (Å²) < 4.78 is 0. The molecular formula is C12H23N3O4. The van der Waals surface area contributed by atoms with Crippen molar-refractivity contribution in [3.63, 3.8) is 0 Å². The van der Waals surface area contributed by atoms with Gasteiger partial charge in [0.05, 0.1) is 0 Å². The smallest absolute Gasteiger partial charge is 0.332 e. The van der Waals surface area contributed by atoms with E-state index in [9.17, 15) is 9.59 Å². The number of carbonyl (C=O) groups is 2. The van der Waals surface area contributed by atoms with E-state index in [4.69, 9.17) is 10.2 Å². The van der Waals surface area contributed by atoms with Gasteiger partial charge in [-0.3, -0.25) is 4.90 Å². The molecule has 7 heteroatoms. The van der Waals surface area contributed by atoms with E-state index in [1.54, 1.807) is 0 Å². The molecule has 7 nitrogen and oxygen atoms in total. The molecule has 0 aromatic heterocycles. The summed E-state index contributed by atoms with van der Waals surface area (Å²) in [6.07, 6.45) is 1.07. The molecule has 0 saturated heterocycles. The highest BCUT2D eigenvalue weighted by molar-refractivity contribution is 5.74. The molecule has 110 valence electrons. The SMILES string of the molecule is CCN(CCNC(=O)NCCC(O)C(=O)O)C1CC1. The fourth-order valence-electron chi connectivity index (χ4n) is 1.86. The first-order chi connectivity index (χ1) is 9.04. The van der Waals surface area contributed by atoms with Crippen molar-refractivity contribution in [1.82, 2.24) is 15.5 Å². The van der Waals surface area contributed by atoms with Crippen LogP contribution in [-0.2, 0) is 4.79 Å². The van der Waals surface area contributed by atoms with E-state index < -0.39 is 12.1 Å². The van der Waals surface area contributed by atoms with E-state index in [0.29, 0.717) is 12.6 Å². The average Bonchev–Trinajstić information content (AvgIpc) is 3.18. The molecule has 0 aromatic carbocycles. The van der Waals surface area contributed by atoms with Gasteiger partial charge in [0.1, 0.15) is 0 Å². The van der Waals surface area contributed by atoms with Crippen molar-refractivity contribution < 1.29 is 19.8 Å². The molecule has 19 heavy (non-hydrogen) atoms. The zero-order valence-corrected chi connectivity index (χ0v) is 11.3. The lowest BCUT2D eigenvalue weighted by Crippen LogP contribution is -2.42. The molecule has 0 aliphatic heterocycles. The predicted octanol–water partition coefficient (Wildman–Crippen LogP) is -0.394. The van der Waals surface area contributed by atoms with Gasteiger partial charge in [-0.15, -0.1) is 0 Å². The van der Waals surface area contributed by atoms with Gasteiger partial charge in [-0.2, -0.15) is 0 Å². The summed E-state index contributed by atoms with van der Waals surface area (Å²) in [4.78, 5) is 24.0. The number of aliphatic carboxylic acids is 1. The largest absolute Gasteiger partial charge is 0.479 e. The number of nitrogens with zero attached hydrogens (tertiary/aromatic N) is 1. The molecule has 1 aliphatic carbocycles. The molecule has 2 amide bonds. The third kappa shape index (κ3) is 6.40. The Morgan fingerprint density at radius 3 is 2.47 bits per heavy atom. The molecule has 0 aromatic rings. The number of amides is 2. The van der Waals surface area contributed by atoms with Crippen LogP contribution in [0.25, 0.3) is 0 Å². The number of aliphatic hydroxyl groups is 1. The van der Waals surface area contributed by atoms with Gasteiger partial charge in [0.15, 0.2) is 6.10 Å². The molecule has 1 fully saturated rings. The number of likely N-dealkylation sites (N-methyl/N-ethyl adjacent to an activating group) is 1. The minimum Gasteiger partial charge on any atom is -0.479 e. The maximum Gasteiger partial charge on any atom is 0.332 e. The Balaban J connectivity index is 2.02. The van der Waals surface area contributed by atoms with E-state index in [2.05, 4.69) is 22.5 Å². The minimum absolute atomic E-state index is 0.00587. The number of aliphatic hydroxyl groups excluding tert-OH is 1. The van der Waals surface area contributed by atoms with Crippen molar-refractivity contribution in [3.05, 3.63) is 0 Å². The van der Waals surface area contributed by atoms with Gasteiger partial charge in [0, 0.05) is 32.1 Å². The van der Waals surface area contributed by atoms with Gasteiger partial charge < -0.3 is 20.8 Å². The molecule has 1 atom stereocenters. The Hall–Kier alpha value is -1.34. The Labute approximate surface area is 113 Å². The van der Waals surface area contributed by atoms with Crippen LogP contribution >= 0.6 is 0 Å². The van der Waals surface area contributed by atoms with Crippen LogP contribution in [0.1, 0.15) is 26.2 Å². The second-order valence-corrected chi connectivity index (χ2v) is 4.69. The summed E-state index contributed by atoms with van der Waals surface area (Å²) in [5, 5.41) is 22.7. The molecule has 1 aliphatic rings. The number of carbonyl (C=O) groups excluding carboxylic acids is 1. The number of hydrogen-bond donors (Lipinski definition) is 4. The molecular weight excluding hydrogens is 250 g/mol. The third-order valence-electron chi connectivity index (χ3n) is 3.14. The van der Waals surface area contributed by atoms with Crippen LogP contribution in [0.5, 0.6) is 0 Å². The van der Waals surface area contributed by atoms with Gasteiger partial charge in [-0.1, -0.05) is 6.92 Å². The molecule has 0 radical (unpaired) electrons. The van der Waals surface area contributed by atoms with Gasteiger partial charge in [-0.25, -0.2) is 9.59 Å². The molecule has 1 unspecified atom stereocenters. The fourth-order valence-corrected chi connectivity index (χ4v) is 1.86. The lowest BCUT2D eigenvalue weighted by Gasteiger charge is -2.19. The summed E-state index contributed by atoms with van der Waals surface area (Å²) in [7, 11) is 0. The maximum atomic E-state index is 11.4. The zero-order valence-electron chi connectivity index (χ0n) is 11.3. The first kappa shape index (κ1) is 15.7. The van der Waals surface area contributed by atoms with E-state index in [1.165, 1.54) is 12.8 Å². The van der Waals surface area contributed by atoms with Crippen LogP contribution in [0.4, 0.5) is 4.79 Å². The van der Waals surface area contributed by atoms with Crippen LogP contribution in [0, 0.1) is 0 Å². The Morgan fingerprint density at radius 2 is 1.95 bits per heavy atom. The molecule has 0 spiro atoms. The molecule has 1 rings (SSSR count). The highest BCUT2D eigenvalue weighted by atomic mass is 16.4. The average molecular weight is 273 g/mol. The van der Waals surface area contributed by atoms with Crippen LogP contribution in [0.3, 0.4) is 0 Å². The Kier molecular flexibility index (Phi) is 6.58. The first-order valence-corrected chi connectivity index (χ1v) is 6.71. The second-order valence-electron chi connectivity index (χ2n) is 4.69. The van der Waals surface area contributed by atoms with Crippen molar-refractivity contribution in [3.8, 4) is 0 Å². The lowest BCUT2D eigenvalue weighted by atomic mass is 10.2. The highest BCUT2D eigenvalue weighted by Crippen LogP contribution is 2.25. The molecule has 4 N–H and O–H groups in total. The van der Waals surface area contributed by atoms with Crippen molar-refractivity contribution in [2.24, 2.45) is 0 Å². The zero-order chi connectivity index (χ0) is 14.3. The number of nitrogens with one attached hydrogen (secondary N) is 2. The second kappa shape index (κ2) is 7.96. The van der Waals surface area contributed by atoms with E-state index in [0.717, 1.165) is 13.1 Å². The summed E-state index contributed by atoms with van der Waals surface area (Å²) in [6, 6.07) is 0.352. The van der Waals surface area contributed by atoms with Gasteiger partial charge >= 0.3 is 12.0 Å². The van der Waals surface area contributed by atoms with Crippen LogP contribution in [0.2, 0.25) is 0 Å². The Morgan fingerprint density at radius 1 is 1.32 bits per heavy atom. The Bertz CT molecular complexity index is 307. The van der Waals surface area contributed by atoms with Crippen molar-refractivity contribution in [1.29, 1.82) is 0 Å². The highest BCUT2D eigenvalue weighted by Gasteiger charge is 2.27. The van der Waals surface area contributed by atoms with Crippen LogP contribution < -0.4 is 10.6 Å². The minimum atomic E-state index is -1.43. The monoisotopic (exact) mass is 273 g/mol. The topological polar surface area (TPSA) is 102 Å². The summed E-state index contributed by atoms with van der Waals surface area (Å²) in [5.74, 6) is -1.27. The van der Waals surface area contributed by atoms with Crippen molar-refractivity contribution >= 4 is 12.0 Å². The maximum absolute atomic E-state index is 11.4. The lowest BCUT2D eigenvalue weighted by molar-refractivity contribution is -0.146. The fraction of sp³-hybridized carbons (Fsp3) is 0.833. The number of carboxylic acid groups (broad SMARTS) is 1.